The van der Waals surface area contributed by atoms with Crippen molar-refractivity contribution in [3.63, 3.8) is 0 Å². The molecule has 2 aromatic heterocycles. The first kappa shape index (κ1) is 14.7. The topological polar surface area (TPSA) is 72.3 Å². The monoisotopic (exact) mass is 301 g/mol. The Kier molecular flexibility index (Phi) is 4.45. The summed E-state index contributed by atoms with van der Waals surface area (Å²) in [7, 11) is 0. The number of nitrogens with one attached hydrogen (secondary N) is 1. The summed E-state index contributed by atoms with van der Waals surface area (Å²) in [5.74, 6) is 0.622. The second-order valence-electron chi connectivity index (χ2n) is 5.12. The van der Waals surface area contributed by atoms with Crippen LogP contribution in [-0.2, 0) is 9.53 Å². The summed E-state index contributed by atoms with van der Waals surface area (Å²) in [5.41, 5.74) is 0.658. The maximum atomic E-state index is 12.2. The van der Waals surface area contributed by atoms with Gasteiger partial charge in [-0.05, 0) is 18.7 Å². The fraction of sp³-hybridized carbons (Fsp3) is 0.400. The van der Waals surface area contributed by atoms with Crippen LogP contribution in [0.15, 0.2) is 37.1 Å². The summed E-state index contributed by atoms with van der Waals surface area (Å²) in [6, 6.07) is 3.65. The first-order valence-corrected chi connectivity index (χ1v) is 7.35. The summed E-state index contributed by atoms with van der Waals surface area (Å²) in [6.45, 7) is 5.10. The summed E-state index contributed by atoms with van der Waals surface area (Å²) < 4.78 is 7.34. The molecule has 116 valence electrons. The van der Waals surface area contributed by atoms with Crippen molar-refractivity contribution >= 4 is 11.6 Å². The number of hydrogen-bond acceptors (Lipinski definition) is 5. The van der Waals surface area contributed by atoms with E-state index < -0.39 is 6.10 Å². The van der Waals surface area contributed by atoms with Crippen LogP contribution in [0.1, 0.15) is 6.92 Å². The molecular weight excluding hydrogens is 282 g/mol. The second kappa shape index (κ2) is 6.67. The van der Waals surface area contributed by atoms with Crippen LogP contribution in [0.4, 0.5) is 5.69 Å². The number of carbonyl (C=O) groups is 1. The number of ether oxygens (including phenoxy) is 1. The van der Waals surface area contributed by atoms with E-state index in [1.165, 1.54) is 0 Å². The molecule has 0 radical (unpaired) electrons. The average Bonchev–Trinajstić information content (AvgIpc) is 3.10. The molecular formula is C15H19N5O2. The Labute approximate surface area is 128 Å². The zero-order valence-electron chi connectivity index (χ0n) is 12.5. The number of morpholine rings is 1. The zero-order chi connectivity index (χ0) is 15.4. The van der Waals surface area contributed by atoms with Gasteiger partial charge in [-0.15, -0.1) is 0 Å². The third-order valence-corrected chi connectivity index (χ3v) is 3.67. The molecule has 1 aliphatic heterocycles. The minimum Gasteiger partial charge on any atom is -0.366 e. The molecule has 0 aliphatic carbocycles. The van der Waals surface area contributed by atoms with E-state index in [0.29, 0.717) is 18.8 Å². The van der Waals surface area contributed by atoms with Crippen molar-refractivity contribution in [3.05, 3.63) is 37.1 Å². The van der Waals surface area contributed by atoms with Crippen LogP contribution in [0.5, 0.6) is 0 Å². The van der Waals surface area contributed by atoms with E-state index in [2.05, 4.69) is 27.1 Å². The molecule has 22 heavy (non-hydrogen) atoms. The Morgan fingerprint density at radius 2 is 2.41 bits per heavy atom. The molecule has 7 nitrogen and oxygen atoms in total. The Morgan fingerprint density at radius 1 is 1.50 bits per heavy atom. The number of aromatic nitrogens is 3. The van der Waals surface area contributed by atoms with Gasteiger partial charge in [-0.2, -0.15) is 0 Å². The summed E-state index contributed by atoms with van der Waals surface area (Å²) in [6.07, 6.45) is 6.39. The van der Waals surface area contributed by atoms with Gasteiger partial charge in [0.15, 0.2) is 0 Å². The smallest absolute Gasteiger partial charge is 0.254 e. The number of imidazole rings is 1. The number of pyridine rings is 1. The van der Waals surface area contributed by atoms with Gasteiger partial charge in [-0.3, -0.25) is 14.3 Å². The van der Waals surface area contributed by atoms with Crippen LogP contribution in [0.3, 0.4) is 0 Å². The van der Waals surface area contributed by atoms with Gasteiger partial charge in [0.25, 0.3) is 5.91 Å². The van der Waals surface area contributed by atoms with Gasteiger partial charge in [0.2, 0.25) is 0 Å². The van der Waals surface area contributed by atoms with Gasteiger partial charge in [0, 0.05) is 25.5 Å². The van der Waals surface area contributed by atoms with Gasteiger partial charge in [0.05, 0.1) is 18.5 Å². The van der Waals surface area contributed by atoms with Crippen molar-refractivity contribution in [1.29, 1.82) is 0 Å². The fourth-order valence-corrected chi connectivity index (χ4v) is 2.38. The van der Waals surface area contributed by atoms with Crippen molar-refractivity contribution in [1.82, 2.24) is 19.4 Å². The Hall–Kier alpha value is -2.25. The molecule has 0 bridgehead atoms. The molecule has 3 rings (SSSR count). The average molecular weight is 301 g/mol. The SMILES string of the molecule is CCN1CCOC(C(=O)Nc2ccc(-n3ccnc3)nc2)C1. The van der Waals surface area contributed by atoms with Crippen molar-refractivity contribution < 1.29 is 9.53 Å². The molecule has 0 spiro atoms. The molecule has 1 unspecified atom stereocenters. The predicted octanol–water partition coefficient (Wildman–Crippen LogP) is 0.926. The number of anilines is 1. The fourth-order valence-electron chi connectivity index (χ4n) is 2.38. The Morgan fingerprint density at radius 3 is 3.09 bits per heavy atom. The van der Waals surface area contributed by atoms with Gasteiger partial charge in [-0.25, -0.2) is 9.97 Å². The number of hydrogen-bond donors (Lipinski definition) is 1. The third kappa shape index (κ3) is 3.32. The summed E-state index contributed by atoms with van der Waals surface area (Å²) in [4.78, 5) is 22.7. The highest BCUT2D eigenvalue weighted by Gasteiger charge is 2.25. The molecule has 1 fully saturated rings. The zero-order valence-corrected chi connectivity index (χ0v) is 12.5. The molecule has 1 amide bonds. The largest absolute Gasteiger partial charge is 0.366 e. The summed E-state index contributed by atoms with van der Waals surface area (Å²) >= 11 is 0. The van der Waals surface area contributed by atoms with Gasteiger partial charge >= 0.3 is 0 Å². The minimum absolute atomic E-state index is 0.129. The molecule has 0 aromatic carbocycles. The van der Waals surface area contributed by atoms with E-state index in [1.54, 1.807) is 23.3 Å². The van der Waals surface area contributed by atoms with Crippen LogP contribution < -0.4 is 5.32 Å². The molecule has 7 heteroatoms. The van der Waals surface area contributed by atoms with E-state index in [0.717, 1.165) is 18.9 Å². The lowest BCUT2D eigenvalue weighted by atomic mass is 10.2. The first-order valence-electron chi connectivity index (χ1n) is 7.35. The van der Waals surface area contributed by atoms with Crippen molar-refractivity contribution in [2.24, 2.45) is 0 Å². The maximum Gasteiger partial charge on any atom is 0.254 e. The normalized spacial score (nSPS) is 19.0. The van der Waals surface area contributed by atoms with Crippen molar-refractivity contribution in [2.45, 2.75) is 13.0 Å². The molecule has 1 saturated heterocycles. The molecule has 2 aromatic rings. The van der Waals surface area contributed by atoms with E-state index in [4.69, 9.17) is 4.74 Å². The van der Waals surface area contributed by atoms with Crippen molar-refractivity contribution in [3.8, 4) is 5.82 Å². The highest BCUT2D eigenvalue weighted by atomic mass is 16.5. The standard InChI is InChI=1S/C15H19N5O2/c1-2-19-7-8-22-13(10-19)15(21)18-12-3-4-14(17-9-12)20-6-5-16-11-20/h3-6,9,11,13H,2,7-8,10H2,1H3,(H,18,21). The molecule has 1 atom stereocenters. The lowest BCUT2D eigenvalue weighted by Crippen LogP contribution is -2.47. The molecule has 1 aliphatic rings. The molecule has 0 saturated carbocycles. The Balaban J connectivity index is 1.62. The maximum absolute atomic E-state index is 12.2. The van der Waals surface area contributed by atoms with Gasteiger partial charge in [-0.1, -0.05) is 6.92 Å². The van der Waals surface area contributed by atoms with E-state index in [1.807, 2.05) is 18.3 Å². The van der Waals surface area contributed by atoms with Gasteiger partial charge < -0.3 is 10.1 Å². The lowest BCUT2D eigenvalue weighted by Gasteiger charge is -2.31. The predicted molar refractivity (Wildman–Crippen MR) is 81.8 cm³/mol. The molecule has 1 N–H and O–H groups in total. The number of likely N-dealkylation sites (N-methyl/N-ethyl adjacent to an activating group) is 1. The van der Waals surface area contributed by atoms with Gasteiger partial charge in [0.1, 0.15) is 18.2 Å². The number of carbonyl (C=O) groups excluding carboxylic acids is 1. The summed E-state index contributed by atoms with van der Waals surface area (Å²) in [5, 5.41) is 2.85. The second-order valence-corrected chi connectivity index (χ2v) is 5.12. The van der Waals surface area contributed by atoms with E-state index in [9.17, 15) is 4.79 Å². The minimum atomic E-state index is -0.429. The lowest BCUT2D eigenvalue weighted by molar-refractivity contribution is -0.132. The first-order chi connectivity index (χ1) is 10.8. The number of nitrogens with zero attached hydrogens (tertiary/aromatic N) is 4. The van der Waals surface area contributed by atoms with Crippen LogP contribution in [0, 0.1) is 0 Å². The van der Waals surface area contributed by atoms with Crippen molar-refractivity contribution in [2.75, 3.05) is 31.6 Å². The number of amides is 1. The molecule has 3 heterocycles. The van der Waals surface area contributed by atoms with Crippen LogP contribution in [-0.4, -0.2) is 57.7 Å². The quantitative estimate of drug-likeness (QED) is 0.909. The van der Waals surface area contributed by atoms with Crippen LogP contribution >= 0.6 is 0 Å². The van der Waals surface area contributed by atoms with E-state index >= 15 is 0 Å². The number of rotatable bonds is 4. The van der Waals surface area contributed by atoms with Crippen LogP contribution in [0.2, 0.25) is 0 Å². The third-order valence-electron chi connectivity index (χ3n) is 3.67. The van der Waals surface area contributed by atoms with E-state index in [-0.39, 0.29) is 5.91 Å². The highest BCUT2D eigenvalue weighted by Crippen LogP contribution is 2.12. The van der Waals surface area contributed by atoms with Crippen LogP contribution in [0.25, 0.3) is 5.82 Å². The highest BCUT2D eigenvalue weighted by molar-refractivity contribution is 5.94. The Bertz CT molecular complexity index is 611.